The second-order valence-electron chi connectivity index (χ2n) is 6.10. The molecule has 0 spiro atoms. The molecule has 2 heterocycles. The van der Waals surface area contributed by atoms with Crippen molar-refractivity contribution in [1.82, 2.24) is 9.78 Å². The Morgan fingerprint density at radius 1 is 1.24 bits per heavy atom. The van der Waals surface area contributed by atoms with Gasteiger partial charge in [0.1, 0.15) is 11.6 Å². The maximum absolute atomic E-state index is 12.2. The zero-order valence-corrected chi connectivity index (χ0v) is 14.1. The van der Waals surface area contributed by atoms with E-state index in [0.29, 0.717) is 23.8 Å². The summed E-state index contributed by atoms with van der Waals surface area (Å²) < 4.78 is 1.75. The average Bonchev–Trinajstić information content (AvgIpc) is 2.99. The molecule has 0 bridgehead atoms. The van der Waals surface area contributed by atoms with Crippen molar-refractivity contribution in [3.05, 3.63) is 76.4 Å². The van der Waals surface area contributed by atoms with Gasteiger partial charge in [0.15, 0.2) is 0 Å². The third-order valence-corrected chi connectivity index (χ3v) is 4.81. The fourth-order valence-corrected chi connectivity index (χ4v) is 3.41. The van der Waals surface area contributed by atoms with E-state index in [1.807, 2.05) is 30.3 Å². The van der Waals surface area contributed by atoms with Gasteiger partial charge in [-0.25, -0.2) is 4.68 Å². The van der Waals surface area contributed by atoms with Crippen LogP contribution in [0.15, 0.2) is 54.7 Å². The van der Waals surface area contributed by atoms with Crippen LogP contribution >= 0.6 is 11.6 Å². The van der Waals surface area contributed by atoms with E-state index in [0.717, 1.165) is 16.7 Å². The number of nitrogens with one attached hydrogen (secondary N) is 1. The number of rotatable bonds is 3. The Balaban J connectivity index is 1.73. The number of hydrogen-bond acceptors (Lipinski definition) is 3. The molecular weight excluding hydrogens is 338 g/mol. The monoisotopic (exact) mass is 353 g/mol. The number of carbonyl (C=O) groups is 1. The van der Waals surface area contributed by atoms with E-state index in [2.05, 4.69) is 10.4 Å². The molecule has 126 valence electrons. The molecule has 1 amide bonds. The Kier molecular flexibility index (Phi) is 3.93. The summed E-state index contributed by atoms with van der Waals surface area (Å²) in [7, 11) is 0. The van der Waals surface area contributed by atoms with E-state index in [4.69, 9.17) is 11.6 Å². The van der Waals surface area contributed by atoms with Crippen LogP contribution in [0, 0.1) is 0 Å². The van der Waals surface area contributed by atoms with E-state index >= 15 is 0 Å². The summed E-state index contributed by atoms with van der Waals surface area (Å²) in [6.45, 7) is 0.474. The average molecular weight is 354 g/mol. The van der Waals surface area contributed by atoms with Crippen LogP contribution in [-0.4, -0.2) is 20.8 Å². The summed E-state index contributed by atoms with van der Waals surface area (Å²) in [5.74, 6) is 0.676. The predicted octanol–water partition coefficient (Wildman–Crippen LogP) is 3.76. The molecule has 1 unspecified atom stereocenters. The second-order valence-corrected chi connectivity index (χ2v) is 6.50. The van der Waals surface area contributed by atoms with Crippen molar-refractivity contribution >= 4 is 23.3 Å². The SMILES string of the molecule is O=C1CC(c2cccc(O)c2)c2cnn(Cc3ccccc3Cl)c2N1. The highest BCUT2D eigenvalue weighted by molar-refractivity contribution is 6.31. The lowest BCUT2D eigenvalue weighted by atomic mass is 9.87. The van der Waals surface area contributed by atoms with E-state index in [-0.39, 0.29) is 17.6 Å². The van der Waals surface area contributed by atoms with Crippen molar-refractivity contribution in [2.45, 2.75) is 18.9 Å². The highest BCUT2D eigenvalue weighted by Gasteiger charge is 2.30. The number of aromatic hydroxyl groups is 1. The van der Waals surface area contributed by atoms with Gasteiger partial charge in [0.2, 0.25) is 5.91 Å². The smallest absolute Gasteiger partial charge is 0.226 e. The minimum Gasteiger partial charge on any atom is -0.508 e. The molecule has 25 heavy (non-hydrogen) atoms. The lowest BCUT2D eigenvalue weighted by molar-refractivity contribution is -0.116. The predicted molar refractivity (Wildman–Crippen MR) is 96.0 cm³/mol. The number of phenols is 1. The third-order valence-electron chi connectivity index (χ3n) is 4.44. The number of anilines is 1. The van der Waals surface area contributed by atoms with Crippen LogP contribution in [0.3, 0.4) is 0 Å². The quantitative estimate of drug-likeness (QED) is 0.753. The Morgan fingerprint density at radius 2 is 2.08 bits per heavy atom. The zero-order chi connectivity index (χ0) is 17.4. The van der Waals surface area contributed by atoms with Crippen LogP contribution in [0.4, 0.5) is 5.82 Å². The van der Waals surface area contributed by atoms with Gasteiger partial charge in [-0.05, 0) is 29.3 Å². The van der Waals surface area contributed by atoms with Gasteiger partial charge < -0.3 is 10.4 Å². The number of phenolic OH excluding ortho intramolecular Hbond substituents is 1. The number of hydrogen-bond donors (Lipinski definition) is 2. The largest absolute Gasteiger partial charge is 0.508 e. The molecule has 4 rings (SSSR count). The second kappa shape index (κ2) is 6.26. The summed E-state index contributed by atoms with van der Waals surface area (Å²) in [5.41, 5.74) is 2.77. The summed E-state index contributed by atoms with van der Waals surface area (Å²) in [6.07, 6.45) is 2.11. The Morgan fingerprint density at radius 3 is 2.88 bits per heavy atom. The van der Waals surface area contributed by atoms with Crippen LogP contribution in [0.2, 0.25) is 5.02 Å². The van der Waals surface area contributed by atoms with Crippen molar-refractivity contribution in [2.75, 3.05) is 5.32 Å². The van der Waals surface area contributed by atoms with Gasteiger partial charge in [0.25, 0.3) is 0 Å². The minimum atomic E-state index is -0.129. The maximum atomic E-state index is 12.2. The fraction of sp³-hybridized carbons (Fsp3) is 0.158. The molecule has 2 N–H and O–H groups in total. The first-order chi connectivity index (χ1) is 12.1. The highest BCUT2D eigenvalue weighted by atomic mass is 35.5. The van der Waals surface area contributed by atoms with Crippen molar-refractivity contribution < 1.29 is 9.90 Å². The van der Waals surface area contributed by atoms with E-state index in [1.165, 1.54) is 0 Å². The van der Waals surface area contributed by atoms with Gasteiger partial charge >= 0.3 is 0 Å². The Bertz CT molecular complexity index is 951. The Hall–Kier alpha value is -2.79. The summed E-state index contributed by atoms with van der Waals surface area (Å²) in [5, 5.41) is 17.8. The summed E-state index contributed by atoms with van der Waals surface area (Å²) in [4.78, 5) is 12.2. The first-order valence-corrected chi connectivity index (χ1v) is 8.37. The van der Waals surface area contributed by atoms with Crippen LogP contribution in [0.25, 0.3) is 0 Å². The number of amides is 1. The molecule has 5 nitrogen and oxygen atoms in total. The zero-order valence-electron chi connectivity index (χ0n) is 13.3. The summed E-state index contributed by atoms with van der Waals surface area (Å²) >= 11 is 6.24. The molecule has 1 atom stereocenters. The third kappa shape index (κ3) is 2.98. The van der Waals surface area contributed by atoms with Gasteiger partial charge in [-0.15, -0.1) is 0 Å². The van der Waals surface area contributed by atoms with E-state index in [9.17, 15) is 9.90 Å². The number of benzene rings is 2. The highest BCUT2D eigenvalue weighted by Crippen LogP contribution is 2.38. The van der Waals surface area contributed by atoms with Gasteiger partial charge in [0.05, 0.1) is 12.7 Å². The number of halogens is 1. The van der Waals surface area contributed by atoms with Gasteiger partial charge in [-0.1, -0.05) is 41.9 Å². The van der Waals surface area contributed by atoms with Crippen molar-refractivity contribution in [3.63, 3.8) is 0 Å². The standard InChI is InChI=1S/C19H16ClN3O2/c20-17-7-2-1-4-13(17)11-23-19-16(10-21-23)15(9-18(25)22-19)12-5-3-6-14(24)8-12/h1-8,10,15,24H,9,11H2,(H,22,25). The molecule has 2 aromatic carbocycles. The Labute approximate surface area is 149 Å². The van der Waals surface area contributed by atoms with Gasteiger partial charge in [0, 0.05) is 22.9 Å². The number of carbonyl (C=O) groups excluding carboxylic acids is 1. The number of aromatic nitrogens is 2. The van der Waals surface area contributed by atoms with Crippen molar-refractivity contribution in [3.8, 4) is 5.75 Å². The normalized spacial score (nSPS) is 16.4. The van der Waals surface area contributed by atoms with Crippen LogP contribution in [0.1, 0.15) is 29.0 Å². The van der Waals surface area contributed by atoms with Gasteiger partial charge in [-0.3, -0.25) is 4.79 Å². The number of fused-ring (bicyclic) bond motifs is 1. The molecule has 0 saturated heterocycles. The molecule has 0 saturated carbocycles. The van der Waals surface area contributed by atoms with E-state index in [1.54, 1.807) is 29.1 Å². The molecule has 0 radical (unpaired) electrons. The topological polar surface area (TPSA) is 67.1 Å². The maximum Gasteiger partial charge on any atom is 0.226 e. The van der Waals surface area contributed by atoms with Crippen LogP contribution in [0.5, 0.6) is 5.75 Å². The summed E-state index contributed by atoms with van der Waals surface area (Å²) in [6, 6.07) is 14.6. The van der Waals surface area contributed by atoms with Crippen molar-refractivity contribution in [2.24, 2.45) is 0 Å². The lowest BCUT2D eigenvalue weighted by Gasteiger charge is -2.24. The molecular formula is C19H16ClN3O2. The molecule has 6 heteroatoms. The molecule has 1 aromatic heterocycles. The van der Waals surface area contributed by atoms with Crippen LogP contribution < -0.4 is 5.32 Å². The minimum absolute atomic E-state index is 0.0678. The van der Waals surface area contributed by atoms with Crippen molar-refractivity contribution in [1.29, 1.82) is 0 Å². The molecule has 0 fully saturated rings. The molecule has 3 aromatic rings. The van der Waals surface area contributed by atoms with E-state index < -0.39 is 0 Å². The molecule has 1 aliphatic heterocycles. The van der Waals surface area contributed by atoms with Gasteiger partial charge in [-0.2, -0.15) is 5.10 Å². The molecule has 0 aliphatic carbocycles. The fourth-order valence-electron chi connectivity index (χ4n) is 3.22. The first kappa shape index (κ1) is 15.7. The van der Waals surface area contributed by atoms with Crippen LogP contribution in [-0.2, 0) is 11.3 Å². The first-order valence-electron chi connectivity index (χ1n) is 7.99. The number of nitrogens with zero attached hydrogens (tertiary/aromatic N) is 2. The molecule has 1 aliphatic rings. The lowest BCUT2D eigenvalue weighted by Crippen LogP contribution is -2.25.